The summed E-state index contributed by atoms with van der Waals surface area (Å²) in [6, 6.07) is 12.6. The number of halogens is 1. The zero-order valence-electron chi connectivity index (χ0n) is 15.4. The van der Waals surface area contributed by atoms with Gasteiger partial charge in [-0.15, -0.1) is 10.2 Å². The molecule has 0 radical (unpaired) electrons. The lowest BCUT2D eigenvalue weighted by Crippen LogP contribution is -2.24. The van der Waals surface area contributed by atoms with Gasteiger partial charge in [0.2, 0.25) is 17.8 Å². The number of amides is 2. The number of thioether (sulfide) groups is 1. The van der Waals surface area contributed by atoms with Crippen LogP contribution in [0.15, 0.2) is 51.3 Å². The number of fused-ring (bicyclic) bond motifs is 1. The van der Waals surface area contributed by atoms with Gasteiger partial charge in [-0.1, -0.05) is 51.2 Å². The van der Waals surface area contributed by atoms with Crippen molar-refractivity contribution < 1.29 is 19.1 Å². The van der Waals surface area contributed by atoms with Crippen LogP contribution < -0.4 is 20.1 Å². The van der Waals surface area contributed by atoms with Crippen molar-refractivity contribution in [2.24, 2.45) is 0 Å². The van der Waals surface area contributed by atoms with Gasteiger partial charge in [-0.05, 0) is 35.9 Å². The molecule has 1 aliphatic heterocycles. The van der Waals surface area contributed by atoms with Crippen molar-refractivity contribution in [3.63, 3.8) is 0 Å². The highest BCUT2D eigenvalue weighted by Gasteiger charge is 2.14. The summed E-state index contributed by atoms with van der Waals surface area (Å²) in [6.45, 7) is 0.606. The van der Waals surface area contributed by atoms with Gasteiger partial charge in [0, 0.05) is 16.6 Å². The van der Waals surface area contributed by atoms with Crippen LogP contribution in [0.3, 0.4) is 0 Å². The first-order valence-electron chi connectivity index (χ1n) is 8.75. The molecule has 2 aromatic carbocycles. The fraction of sp³-hybridized carbons (Fsp3) is 0.158. The van der Waals surface area contributed by atoms with E-state index in [0.29, 0.717) is 33.1 Å². The van der Waals surface area contributed by atoms with Gasteiger partial charge in [0.15, 0.2) is 15.8 Å². The highest BCUT2D eigenvalue weighted by molar-refractivity contribution is 9.10. The minimum absolute atomic E-state index is 0.132. The number of ether oxygens (including phenoxy) is 2. The van der Waals surface area contributed by atoms with Crippen molar-refractivity contribution in [3.05, 3.63) is 58.1 Å². The average Bonchev–Trinajstić information content (AvgIpc) is 3.39. The molecule has 0 saturated heterocycles. The van der Waals surface area contributed by atoms with Crippen LogP contribution in [0, 0.1) is 0 Å². The van der Waals surface area contributed by atoms with Crippen molar-refractivity contribution >= 4 is 56.0 Å². The van der Waals surface area contributed by atoms with Gasteiger partial charge in [-0.3, -0.25) is 14.9 Å². The molecule has 0 saturated carbocycles. The van der Waals surface area contributed by atoms with Gasteiger partial charge in [0.25, 0.3) is 5.91 Å². The van der Waals surface area contributed by atoms with E-state index < -0.39 is 0 Å². The summed E-state index contributed by atoms with van der Waals surface area (Å²) in [5.74, 6) is 1.18. The van der Waals surface area contributed by atoms with Gasteiger partial charge < -0.3 is 14.8 Å². The number of hydrogen-bond acceptors (Lipinski definition) is 8. The highest BCUT2D eigenvalue weighted by Crippen LogP contribution is 2.32. The number of hydrogen-bond donors (Lipinski definition) is 2. The van der Waals surface area contributed by atoms with Crippen LogP contribution in [0.4, 0.5) is 5.13 Å². The Morgan fingerprint density at radius 2 is 2.00 bits per heavy atom. The van der Waals surface area contributed by atoms with E-state index in [1.54, 1.807) is 18.2 Å². The molecule has 0 unspecified atom stereocenters. The smallest absolute Gasteiger partial charge is 0.257 e. The molecule has 0 bridgehead atoms. The molecule has 8 nitrogen and oxygen atoms in total. The largest absolute Gasteiger partial charge is 0.454 e. The van der Waals surface area contributed by atoms with Crippen molar-refractivity contribution in [2.45, 2.75) is 10.9 Å². The molecule has 0 atom stereocenters. The molecule has 4 rings (SSSR count). The van der Waals surface area contributed by atoms with E-state index in [9.17, 15) is 9.59 Å². The zero-order chi connectivity index (χ0) is 20.9. The summed E-state index contributed by atoms with van der Waals surface area (Å²) in [7, 11) is 0. The van der Waals surface area contributed by atoms with Crippen LogP contribution in [0.5, 0.6) is 11.5 Å². The number of anilines is 1. The van der Waals surface area contributed by atoms with Crippen molar-refractivity contribution in [1.82, 2.24) is 15.5 Å². The number of carbonyl (C=O) groups is 2. The normalized spacial score (nSPS) is 11.9. The van der Waals surface area contributed by atoms with Gasteiger partial charge in [-0.25, -0.2) is 0 Å². The van der Waals surface area contributed by atoms with E-state index >= 15 is 0 Å². The van der Waals surface area contributed by atoms with Crippen molar-refractivity contribution in [2.75, 3.05) is 17.9 Å². The number of nitrogens with one attached hydrogen (secondary N) is 2. The summed E-state index contributed by atoms with van der Waals surface area (Å²) < 4.78 is 12.0. The molecule has 0 fully saturated rings. The number of nitrogens with zero attached hydrogens (tertiary/aromatic N) is 2. The lowest BCUT2D eigenvalue weighted by atomic mass is 10.2. The monoisotopic (exact) mass is 506 g/mol. The highest BCUT2D eigenvalue weighted by atomic mass is 79.9. The summed E-state index contributed by atoms with van der Waals surface area (Å²) in [4.78, 5) is 24.4. The topological polar surface area (TPSA) is 102 Å². The van der Waals surface area contributed by atoms with Gasteiger partial charge in [-0.2, -0.15) is 0 Å². The summed E-state index contributed by atoms with van der Waals surface area (Å²) in [5.41, 5.74) is 1.43. The number of benzene rings is 2. The molecule has 2 N–H and O–H groups in total. The van der Waals surface area contributed by atoms with Crippen molar-refractivity contribution in [3.8, 4) is 11.5 Å². The van der Waals surface area contributed by atoms with E-state index in [4.69, 9.17) is 9.47 Å². The third-order valence-electron chi connectivity index (χ3n) is 3.97. The standard InChI is InChI=1S/C19H15BrN4O4S2/c20-13-3-1-2-12(7-13)17(26)22-18-23-24-19(30-18)29-9-16(25)21-8-11-4-5-14-15(6-11)28-10-27-14/h1-7H,8-10H2,(H,21,25)(H,22,23,26). The molecule has 1 aromatic heterocycles. The molecular formula is C19H15BrN4O4S2. The maximum absolute atomic E-state index is 12.3. The van der Waals surface area contributed by atoms with E-state index in [-0.39, 0.29) is 24.4 Å². The second-order valence-corrected chi connectivity index (χ2v) is 9.21. The maximum Gasteiger partial charge on any atom is 0.257 e. The minimum Gasteiger partial charge on any atom is -0.454 e. The number of aromatic nitrogens is 2. The second-order valence-electron chi connectivity index (χ2n) is 6.09. The molecule has 30 heavy (non-hydrogen) atoms. The Hall–Kier alpha value is -2.63. The van der Waals surface area contributed by atoms with Gasteiger partial charge >= 0.3 is 0 Å². The Kier molecular flexibility index (Phi) is 6.50. The molecule has 11 heteroatoms. The fourth-order valence-electron chi connectivity index (χ4n) is 2.55. The molecule has 0 aliphatic carbocycles. The van der Waals surface area contributed by atoms with Crippen LogP contribution in [-0.2, 0) is 11.3 Å². The molecule has 1 aliphatic rings. The quantitative estimate of drug-likeness (QED) is 0.372. The van der Waals surface area contributed by atoms with Gasteiger partial charge in [0.05, 0.1) is 5.75 Å². The summed E-state index contributed by atoms with van der Waals surface area (Å²) >= 11 is 5.81. The Bertz CT molecular complexity index is 1090. The Morgan fingerprint density at radius 3 is 2.87 bits per heavy atom. The van der Waals surface area contributed by atoms with Crippen LogP contribution in [0.25, 0.3) is 0 Å². The van der Waals surface area contributed by atoms with Crippen LogP contribution >= 0.6 is 39.0 Å². The molecule has 2 heterocycles. The third kappa shape index (κ3) is 5.29. The first-order valence-corrected chi connectivity index (χ1v) is 11.3. The fourth-order valence-corrected chi connectivity index (χ4v) is 4.52. The number of carbonyl (C=O) groups excluding carboxylic acids is 2. The van der Waals surface area contributed by atoms with E-state index in [1.165, 1.54) is 23.1 Å². The van der Waals surface area contributed by atoms with E-state index in [0.717, 1.165) is 10.0 Å². The molecule has 0 spiro atoms. The van der Waals surface area contributed by atoms with Gasteiger partial charge in [0.1, 0.15) is 0 Å². The molecule has 154 valence electrons. The van der Waals surface area contributed by atoms with Crippen molar-refractivity contribution in [1.29, 1.82) is 0 Å². The maximum atomic E-state index is 12.3. The third-order valence-corrected chi connectivity index (χ3v) is 6.43. The Labute approximate surface area is 188 Å². The average molecular weight is 507 g/mol. The first-order chi connectivity index (χ1) is 14.6. The van der Waals surface area contributed by atoms with Crippen LogP contribution in [0.1, 0.15) is 15.9 Å². The lowest BCUT2D eigenvalue weighted by molar-refractivity contribution is -0.118. The first kappa shape index (κ1) is 20.6. The van der Waals surface area contributed by atoms with Crippen LogP contribution in [0.2, 0.25) is 0 Å². The Morgan fingerprint density at radius 1 is 1.13 bits per heavy atom. The lowest BCUT2D eigenvalue weighted by Gasteiger charge is -2.05. The predicted molar refractivity (Wildman–Crippen MR) is 117 cm³/mol. The minimum atomic E-state index is -0.273. The number of rotatable bonds is 7. The predicted octanol–water partition coefficient (Wildman–Crippen LogP) is 3.69. The SMILES string of the molecule is O=C(CSc1nnc(NC(=O)c2cccc(Br)c2)s1)NCc1ccc2c(c1)OCO2. The summed E-state index contributed by atoms with van der Waals surface area (Å²) in [5, 5.41) is 13.9. The molecular weight excluding hydrogens is 492 g/mol. The van der Waals surface area contributed by atoms with E-state index in [2.05, 4.69) is 36.8 Å². The molecule has 2 amide bonds. The zero-order valence-corrected chi connectivity index (χ0v) is 18.6. The second kappa shape index (κ2) is 9.45. The van der Waals surface area contributed by atoms with Crippen LogP contribution in [-0.4, -0.2) is 34.6 Å². The molecule has 3 aromatic rings. The summed E-state index contributed by atoms with van der Waals surface area (Å²) in [6.07, 6.45) is 0. The Balaban J connectivity index is 1.24. The van der Waals surface area contributed by atoms with E-state index in [1.807, 2.05) is 24.3 Å².